The third-order valence-electron chi connectivity index (χ3n) is 4.00. The van der Waals surface area contributed by atoms with E-state index in [1.54, 1.807) is 23.9 Å². The number of hydrogen-bond donors (Lipinski definition) is 1. The van der Waals surface area contributed by atoms with E-state index in [1.807, 2.05) is 24.1 Å². The van der Waals surface area contributed by atoms with Crippen molar-refractivity contribution >= 4 is 38.1 Å². The van der Waals surface area contributed by atoms with Crippen LogP contribution >= 0.6 is 11.8 Å². The van der Waals surface area contributed by atoms with Gasteiger partial charge in [-0.2, -0.15) is 13.2 Å². The molecule has 0 unspecified atom stereocenters. The van der Waals surface area contributed by atoms with Crippen LogP contribution in [0.2, 0.25) is 0 Å². The van der Waals surface area contributed by atoms with Crippen molar-refractivity contribution in [1.29, 1.82) is 0 Å². The van der Waals surface area contributed by atoms with Crippen molar-refractivity contribution in [2.75, 3.05) is 29.7 Å². The van der Waals surface area contributed by atoms with Gasteiger partial charge in [0, 0.05) is 35.8 Å². The first-order chi connectivity index (χ1) is 13.5. The molecule has 0 saturated carbocycles. The van der Waals surface area contributed by atoms with Gasteiger partial charge in [0.15, 0.2) is 0 Å². The zero-order valence-electron chi connectivity index (χ0n) is 15.7. The number of nitrogens with zero attached hydrogens (tertiary/aromatic N) is 3. The first kappa shape index (κ1) is 21.4. The number of halogens is 3. The van der Waals surface area contributed by atoms with Crippen molar-refractivity contribution in [3.63, 3.8) is 0 Å². The van der Waals surface area contributed by atoms with Crippen LogP contribution < -0.4 is 5.32 Å². The molecule has 1 N–H and O–H groups in total. The molecule has 0 aliphatic carbocycles. The molecule has 0 radical (unpaired) electrons. The summed E-state index contributed by atoms with van der Waals surface area (Å²) in [5, 5.41) is 2.83. The Hall–Kier alpha value is -2.27. The second-order valence-electron chi connectivity index (χ2n) is 6.68. The zero-order chi connectivity index (χ0) is 21.2. The molecular formula is C18H19F3N4O2S2. The zero-order valence-corrected chi connectivity index (χ0v) is 17.3. The van der Waals surface area contributed by atoms with Crippen LogP contribution in [-0.2, 0) is 16.0 Å². The SMILES string of the molecule is Cc1cc(Nc2nccc(C(F)(F)F)n2)cc(C2=CN(CCS(C)(=O)=O)CS2)c1. The fourth-order valence-corrected chi connectivity index (χ4v) is 4.25. The van der Waals surface area contributed by atoms with Crippen LogP contribution in [-0.4, -0.2) is 47.7 Å². The molecule has 0 spiro atoms. The molecule has 0 amide bonds. The van der Waals surface area contributed by atoms with Crippen LogP contribution in [0, 0.1) is 6.92 Å². The maximum Gasteiger partial charge on any atom is 0.433 e. The number of alkyl halides is 3. The Kier molecular flexibility index (Phi) is 6.08. The van der Waals surface area contributed by atoms with Crippen molar-refractivity contribution in [3.8, 4) is 0 Å². The molecule has 11 heteroatoms. The summed E-state index contributed by atoms with van der Waals surface area (Å²) in [5.41, 5.74) is 1.34. The van der Waals surface area contributed by atoms with E-state index in [0.717, 1.165) is 28.3 Å². The van der Waals surface area contributed by atoms with Gasteiger partial charge in [0.2, 0.25) is 5.95 Å². The molecule has 0 fully saturated rings. The summed E-state index contributed by atoms with van der Waals surface area (Å²) in [6.45, 7) is 2.29. The standard InChI is InChI=1S/C18H19F3N4O2S2/c1-12-7-13(15-10-25(11-28-15)5-6-29(2,26)27)9-14(8-12)23-17-22-4-3-16(24-17)18(19,20)21/h3-4,7-10H,5-6,11H2,1-2H3,(H,22,23,24). The summed E-state index contributed by atoms with van der Waals surface area (Å²) >= 11 is 1.57. The highest BCUT2D eigenvalue weighted by atomic mass is 32.2. The van der Waals surface area contributed by atoms with Gasteiger partial charge in [-0.25, -0.2) is 18.4 Å². The van der Waals surface area contributed by atoms with Gasteiger partial charge in [-0.15, -0.1) is 11.8 Å². The molecule has 156 valence electrons. The van der Waals surface area contributed by atoms with E-state index in [2.05, 4.69) is 15.3 Å². The summed E-state index contributed by atoms with van der Waals surface area (Å²) < 4.78 is 61.2. The van der Waals surface area contributed by atoms with Gasteiger partial charge in [0.1, 0.15) is 15.5 Å². The van der Waals surface area contributed by atoms with Crippen LogP contribution in [0.1, 0.15) is 16.8 Å². The predicted molar refractivity (Wildman–Crippen MR) is 108 cm³/mol. The van der Waals surface area contributed by atoms with Gasteiger partial charge < -0.3 is 10.2 Å². The van der Waals surface area contributed by atoms with E-state index >= 15 is 0 Å². The summed E-state index contributed by atoms with van der Waals surface area (Å²) in [6.07, 6.45) is -0.383. The van der Waals surface area contributed by atoms with Crippen LogP contribution in [0.4, 0.5) is 24.8 Å². The van der Waals surface area contributed by atoms with E-state index in [-0.39, 0.29) is 11.7 Å². The number of sulfone groups is 1. The molecule has 29 heavy (non-hydrogen) atoms. The molecule has 2 aromatic rings. The minimum Gasteiger partial charge on any atom is -0.366 e. The second kappa shape index (κ2) is 8.23. The quantitative estimate of drug-likeness (QED) is 0.724. The first-order valence-electron chi connectivity index (χ1n) is 8.55. The third kappa shape index (κ3) is 6.10. The Morgan fingerprint density at radius 1 is 1.28 bits per heavy atom. The number of hydrogen-bond acceptors (Lipinski definition) is 7. The summed E-state index contributed by atoms with van der Waals surface area (Å²) in [7, 11) is -3.04. The predicted octanol–water partition coefficient (Wildman–Crippen LogP) is 3.90. The molecule has 1 aromatic heterocycles. The van der Waals surface area contributed by atoms with E-state index in [0.29, 0.717) is 18.1 Å². The van der Waals surface area contributed by atoms with Crippen LogP contribution in [0.15, 0.2) is 36.7 Å². The van der Waals surface area contributed by atoms with Gasteiger partial charge in [-0.1, -0.05) is 6.07 Å². The Morgan fingerprint density at radius 2 is 2.03 bits per heavy atom. The number of rotatable bonds is 6. The lowest BCUT2D eigenvalue weighted by Crippen LogP contribution is -2.21. The largest absolute Gasteiger partial charge is 0.433 e. The molecule has 2 heterocycles. The molecule has 0 saturated heterocycles. The number of thioether (sulfide) groups is 1. The van der Waals surface area contributed by atoms with E-state index in [1.165, 1.54) is 6.26 Å². The Labute approximate surface area is 171 Å². The molecule has 3 rings (SSSR count). The number of nitrogens with one attached hydrogen (secondary N) is 1. The Morgan fingerprint density at radius 3 is 2.72 bits per heavy atom. The summed E-state index contributed by atoms with van der Waals surface area (Å²) in [5.74, 6) is 0.572. The average molecular weight is 445 g/mol. The highest BCUT2D eigenvalue weighted by Crippen LogP contribution is 2.36. The summed E-state index contributed by atoms with van der Waals surface area (Å²) in [6, 6.07) is 6.36. The fourth-order valence-electron chi connectivity index (χ4n) is 2.67. The molecule has 1 aliphatic rings. The normalized spacial score (nSPS) is 14.8. The van der Waals surface area contributed by atoms with Gasteiger partial charge in [0.25, 0.3) is 0 Å². The minimum absolute atomic E-state index is 0.0743. The smallest absolute Gasteiger partial charge is 0.366 e. The van der Waals surface area contributed by atoms with Crippen LogP contribution in [0.25, 0.3) is 4.91 Å². The van der Waals surface area contributed by atoms with Gasteiger partial charge in [0.05, 0.1) is 11.6 Å². The minimum atomic E-state index is -4.54. The van der Waals surface area contributed by atoms with Crippen LogP contribution in [0.5, 0.6) is 0 Å². The molecule has 1 aliphatic heterocycles. The molecular weight excluding hydrogens is 425 g/mol. The van der Waals surface area contributed by atoms with Gasteiger partial charge in [-0.05, 0) is 36.2 Å². The monoisotopic (exact) mass is 444 g/mol. The van der Waals surface area contributed by atoms with Crippen molar-refractivity contribution in [2.24, 2.45) is 0 Å². The highest BCUT2D eigenvalue weighted by molar-refractivity contribution is 8.08. The number of aromatic nitrogens is 2. The summed E-state index contributed by atoms with van der Waals surface area (Å²) in [4.78, 5) is 10.3. The third-order valence-corrected chi connectivity index (χ3v) is 6.04. The highest BCUT2D eigenvalue weighted by Gasteiger charge is 2.32. The Balaban J connectivity index is 1.79. The number of anilines is 2. The maximum atomic E-state index is 12.8. The lowest BCUT2D eigenvalue weighted by atomic mass is 10.1. The number of aryl methyl sites for hydroxylation is 1. The lowest BCUT2D eigenvalue weighted by molar-refractivity contribution is -0.141. The lowest BCUT2D eigenvalue weighted by Gasteiger charge is -2.12. The van der Waals surface area contributed by atoms with E-state index in [4.69, 9.17) is 0 Å². The number of benzene rings is 1. The van der Waals surface area contributed by atoms with E-state index < -0.39 is 21.7 Å². The molecule has 0 atom stereocenters. The molecule has 0 bridgehead atoms. The van der Waals surface area contributed by atoms with Gasteiger partial charge in [-0.3, -0.25) is 0 Å². The maximum absolute atomic E-state index is 12.8. The second-order valence-corrected chi connectivity index (χ2v) is 9.93. The molecule has 1 aromatic carbocycles. The average Bonchev–Trinajstić information content (AvgIpc) is 3.08. The molecule has 6 nitrogen and oxygen atoms in total. The van der Waals surface area contributed by atoms with E-state index in [9.17, 15) is 21.6 Å². The van der Waals surface area contributed by atoms with Crippen molar-refractivity contribution in [2.45, 2.75) is 13.1 Å². The van der Waals surface area contributed by atoms with Crippen molar-refractivity contribution in [1.82, 2.24) is 14.9 Å². The fraction of sp³-hybridized carbons (Fsp3) is 0.333. The first-order valence-corrected chi connectivity index (χ1v) is 11.6. The van der Waals surface area contributed by atoms with Crippen molar-refractivity contribution in [3.05, 3.63) is 53.5 Å². The van der Waals surface area contributed by atoms with Gasteiger partial charge >= 0.3 is 6.18 Å². The van der Waals surface area contributed by atoms with Crippen LogP contribution in [0.3, 0.4) is 0 Å². The van der Waals surface area contributed by atoms with Crippen molar-refractivity contribution < 1.29 is 21.6 Å². The Bertz CT molecular complexity index is 1040. The topological polar surface area (TPSA) is 75.2 Å².